The quantitative estimate of drug-likeness (QED) is 0.646. The molecule has 0 aromatic heterocycles. The third-order valence-corrected chi connectivity index (χ3v) is 4.08. The zero-order valence-electron chi connectivity index (χ0n) is 11.8. The molecule has 0 saturated carbocycles. The fourth-order valence-electron chi connectivity index (χ4n) is 2.71. The van der Waals surface area contributed by atoms with Gasteiger partial charge in [-0.1, -0.05) is 24.9 Å². The van der Waals surface area contributed by atoms with Gasteiger partial charge in [-0.2, -0.15) is 0 Å². The van der Waals surface area contributed by atoms with Crippen LogP contribution in [0.4, 0.5) is 11.4 Å². The predicted molar refractivity (Wildman–Crippen MR) is 81.6 cm³/mol. The molecule has 1 aromatic rings. The first-order chi connectivity index (χ1) is 9.98. The van der Waals surface area contributed by atoms with Crippen LogP contribution in [0.15, 0.2) is 18.2 Å². The summed E-state index contributed by atoms with van der Waals surface area (Å²) in [5.41, 5.74) is -0.253. The Balaban J connectivity index is 2.17. The van der Waals surface area contributed by atoms with Crippen molar-refractivity contribution in [2.45, 2.75) is 38.1 Å². The second kappa shape index (κ2) is 6.41. The smallest absolute Gasteiger partial charge is 0.271 e. The second-order valence-electron chi connectivity index (χ2n) is 5.24. The van der Waals surface area contributed by atoms with E-state index in [1.54, 1.807) is 0 Å². The number of nitrogens with one attached hydrogen (secondary N) is 2. The van der Waals surface area contributed by atoms with Crippen molar-refractivity contribution >= 4 is 28.9 Å². The molecule has 0 bridgehead atoms. The number of hydrogen-bond acceptors (Lipinski definition) is 4. The topological polar surface area (TPSA) is 84.3 Å². The number of anilines is 1. The zero-order valence-corrected chi connectivity index (χ0v) is 12.6. The number of carbonyl (C=O) groups is 1. The summed E-state index contributed by atoms with van der Waals surface area (Å²) < 4.78 is 0. The lowest BCUT2D eigenvalue weighted by Crippen LogP contribution is -2.50. The van der Waals surface area contributed by atoms with Crippen LogP contribution in [0, 0.1) is 10.1 Å². The van der Waals surface area contributed by atoms with Crippen LogP contribution in [0.3, 0.4) is 0 Å². The highest BCUT2D eigenvalue weighted by Gasteiger charge is 2.40. The Labute approximate surface area is 128 Å². The molecule has 0 aliphatic carbocycles. The highest BCUT2D eigenvalue weighted by atomic mass is 35.5. The molecule has 1 aromatic carbocycles. The van der Waals surface area contributed by atoms with E-state index in [9.17, 15) is 14.9 Å². The molecular weight excluding hydrogens is 294 g/mol. The van der Waals surface area contributed by atoms with Gasteiger partial charge in [-0.15, -0.1) is 0 Å². The number of non-ortho nitro benzene ring substituents is 1. The van der Waals surface area contributed by atoms with E-state index in [0.717, 1.165) is 32.2 Å². The van der Waals surface area contributed by atoms with Crippen LogP contribution in [-0.2, 0) is 4.79 Å². The van der Waals surface area contributed by atoms with Crippen molar-refractivity contribution in [1.82, 2.24) is 5.32 Å². The van der Waals surface area contributed by atoms with Crippen LogP contribution in [0.5, 0.6) is 0 Å². The van der Waals surface area contributed by atoms with Crippen molar-refractivity contribution in [2.75, 3.05) is 11.9 Å². The number of carbonyl (C=O) groups excluding carboxylic acids is 1. The molecule has 2 N–H and O–H groups in total. The number of nitro groups is 1. The summed E-state index contributed by atoms with van der Waals surface area (Å²) >= 11 is 6.01. The minimum Gasteiger partial charge on any atom is -0.323 e. The number of rotatable bonds is 5. The number of nitrogens with zero attached hydrogens (tertiary/aromatic N) is 1. The molecule has 114 valence electrons. The van der Waals surface area contributed by atoms with Gasteiger partial charge in [-0.3, -0.25) is 14.9 Å². The highest BCUT2D eigenvalue weighted by Crippen LogP contribution is 2.30. The molecule has 1 unspecified atom stereocenters. The SMILES string of the molecule is CCCC1(C(=O)Nc2ccc([N+](=O)[O-])cc2Cl)CCCN1. The van der Waals surface area contributed by atoms with Gasteiger partial charge in [0.15, 0.2) is 0 Å². The Kier molecular flexibility index (Phi) is 4.80. The summed E-state index contributed by atoms with van der Waals surface area (Å²) in [5, 5.41) is 16.9. The molecule has 2 rings (SSSR count). The molecule has 1 heterocycles. The molecule has 21 heavy (non-hydrogen) atoms. The number of amides is 1. The van der Waals surface area contributed by atoms with E-state index < -0.39 is 10.5 Å². The van der Waals surface area contributed by atoms with Gasteiger partial charge in [0.2, 0.25) is 5.91 Å². The van der Waals surface area contributed by atoms with E-state index in [2.05, 4.69) is 10.6 Å². The van der Waals surface area contributed by atoms with Gasteiger partial charge in [0, 0.05) is 12.1 Å². The van der Waals surface area contributed by atoms with Crippen LogP contribution in [0.25, 0.3) is 0 Å². The monoisotopic (exact) mass is 311 g/mol. The lowest BCUT2D eigenvalue weighted by Gasteiger charge is -2.28. The van der Waals surface area contributed by atoms with Gasteiger partial charge in [-0.25, -0.2) is 0 Å². The van der Waals surface area contributed by atoms with E-state index in [1.165, 1.54) is 18.2 Å². The fourth-order valence-corrected chi connectivity index (χ4v) is 2.94. The first-order valence-corrected chi connectivity index (χ1v) is 7.37. The third-order valence-electron chi connectivity index (χ3n) is 3.77. The van der Waals surface area contributed by atoms with E-state index in [1.807, 2.05) is 6.92 Å². The van der Waals surface area contributed by atoms with Crippen molar-refractivity contribution in [3.8, 4) is 0 Å². The summed E-state index contributed by atoms with van der Waals surface area (Å²) in [5.74, 6) is -0.127. The Hall–Kier alpha value is -1.66. The van der Waals surface area contributed by atoms with Crippen LogP contribution in [-0.4, -0.2) is 22.9 Å². The largest absolute Gasteiger partial charge is 0.323 e. The van der Waals surface area contributed by atoms with Crippen LogP contribution >= 0.6 is 11.6 Å². The van der Waals surface area contributed by atoms with Crippen molar-refractivity contribution in [1.29, 1.82) is 0 Å². The average molecular weight is 312 g/mol. The predicted octanol–water partition coefficient (Wildman–Crippen LogP) is 3.11. The lowest BCUT2D eigenvalue weighted by molar-refractivity contribution is -0.384. The second-order valence-corrected chi connectivity index (χ2v) is 5.65. The number of halogens is 1. The van der Waals surface area contributed by atoms with Gasteiger partial charge in [0.1, 0.15) is 0 Å². The molecule has 7 heteroatoms. The van der Waals surface area contributed by atoms with Gasteiger partial charge < -0.3 is 10.6 Å². The standard InChI is InChI=1S/C14H18ClN3O3/c1-2-6-14(7-3-8-16-14)13(19)17-12-5-4-10(18(20)21)9-11(12)15/h4-5,9,16H,2-3,6-8H2,1H3,(H,17,19). The third kappa shape index (κ3) is 3.33. The Bertz CT molecular complexity index is 556. The maximum absolute atomic E-state index is 12.5. The van der Waals surface area contributed by atoms with E-state index >= 15 is 0 Å². The molecule has 0 spiro atoms. The average Bonchev–Trinajstić information content (AvgIpc) is 2.91. The molecule has 1 saturated heterocycles. The molecular formula is C14H18ClN3O3. The molecule has 6 nitrogen and oxygen atoms in total. The summed E-state index contributed by atoms with van der Waals surface area (Å²) in [6.45, 7) is 2.86. The maximum atomic E-state index is 12.5. The van der Waals surface area contributed by atoms with Crippen molar-refractivity contribution in [3.05, 3.63) is 33.3 Å². The normalized spacial score (nSPS) is 21.2. The molecule has 1 fully saturated rings. The first kappa shape index (κ1) is 15.7. The number of benzene rings is 1. The van der Waals surface area contributed by atoms with Crippen LogP contribution in [0.2, 0.25) is 5.02 Å². The molecule has 0 radical (unpaired) electrons. The minimum atomic E-state index is -0.556. The Morgan fingerprint density at radius 2 is 2.33 bits per heavy atom. The number of nitro benzene ring substituents is 1. The first-order valence-electron chi connectivity index (χ1n) is 6.99. The Morgan fingerprint density at radius 1 is 1.57 bits per heavy atom. The van der Waals surface area contributed by atoms with Crippen molar-refractivity contribution < 1.29 is 9.72 Å². The molecule has 1 amide bonds. The zero-order chi connectivity index (χ0) is 15.5. The van der Waals surface area contributed by atoms with Gasteiger partial charge in [-0.05, 0) is 31.9 Å². The van der Waals surface area contributed by atoms with E-state index in [0.29, 0.717) is 5.69 Å². The summed E-state index contributed by atoms with van der Waals surface area (Å²) in [6.07, 6.45) is 3.40. The van der Waals surface area contributed by atoms with Gasteiger partial charge in [0.05, 0.1) is 21.2 Å². The Morgan fingerprint density at radius 3 is 2.86 bits per heavy atom. The van der Waals surface area contributed by atoms with E-state index in [-0.39, 0.29) is 16.6 Å². The lowest BCUT2D eigenvalue weighted by atomic mass is 9.91. The molecule has 1 atom stereocenters. The van der Waals surface area contributed by atoms with Crippen molar-refractivity contribution in [2.24, 2.45) is 0 Å². The van der Waals surface area contributed by atoms with Crippen LogP contribution < -0.4 is 10.6 Å². The number of hydrogen-bond donors (Lipinski definition) is 2. The minimum absolute atomic E-state index is 0.0970. The van der Waals surface area contributed by atoms with Crippen molar-refractivity contribution in [3.63, 3.8) is 0 Å². The molecule has 1 aliphatic rings. The summed E-state index contributed by atoms with van der Waals surface area (Å²) in [7, 11) is 0. The fraction of sp³-hybridized carbons (Fsp3) is 0.500. The van der Waals surface area contributed by atoms with Gasteiger partial charge in [0.25, 0.3) is 5.69 Å². The maximum Gasteiger partial charge on any atom is 0.271 e. The van der Waals surface area contributed by atoms with Gasteiger partial charge >= 0.3 is 0 Å². The summed E-state index contributed by atoms with van der Waals surface area (Å²) in [4.78, 5) is 22.7. The van der Waals surface area contributed by atoms with E-state index in [4.69, 9.17) is 11.6 Å². The highest BCUT2D eigenvalue weighted by molar-refractivity contribution is 6.34. The molecule has 1 aliphatic heterocycles. The van der Waals surface area contributed by atoms with Crippen LogP contribution in [0.1, 0.15) is 32.6 Å². The summed E-state index contributed by atoms with van der Waals surface area (Å²) in [6, 6.07) is 4.04.